The summed E-state index contributed by atoms with van der Waals surface area (Å²) in [5.41, 5.74) is 0.477. The number of aldehydes is 1. The predicted molar refractivity (Wildman–Crippen MR) is 42.1 cm³/mol. The molecule has 1 heterocycles. The highest BCUT2D eigenvalue weighted by Crippen LogP contribution is 2.13. The number of alkyl halides is 1. The summed E-state index contributed by atoms with van der Waals surface area (Å²) in [7, 11) is 0. The van der Waals surface area contributed by atoms with Crippen LogP contribution in [-0.4, -0.2) is 11.3 Å². The number of rotatable bonds is 2. The normalized spacial score (nSPS) is 9.64. The number of pyridine rings is 1. The second-order valence-electron chi connectivity index (χ2n) is 1.95. The van der Waals surface area contributed by atoms with Crippen molar-refractivity contribution in [2.24, 2.45) is 0 Å². The van der Waals surface area contributed by atoms with Gasteiger partial charge in [0.15, 0.2) is 6.29 Å². The number of carbonyl (C=O) groups excluding carboxylic acids is 1. The smallest absolute Gasteiger partial charge is 0.168 e. The SMILES string of the molecule is O=Cc1ncc(Br)cc1CF. The zero-order valence-corrected chi connectivity index (χ0v) is 7.14. The minimum Gasteiger partial charge on any atom is -0.296 e. The lowest BCUT2D eigenvalue weighted by atomic mass is 10.2. The Bertz CT molecular complexity index is 277. The molecule has 0 saturated carbocycles. The second-order valence-corrected chi connectivity index (χ2v) is 2.87. The average Bonchev–Trinajstić information content (AvgIpc) is 2.04. The van der Waals surface area contributed by atoms with Crippen molar-refractivity contribution in [1.82, 2.24) is 4.98 Å². The van der Waals surface area contributed by atoms with Crippen LogP contribution in [-0.2, 0) is 6.67 Å². The van der Waals surface area contributed by atoms with Crippen molar-refractivity contribution in [2.45, 2.75) is 6.67 Å². The van der Waals surface area contributed by atoms with Gasteiger partial charge in [0.1, 0.15) is 12.4 Å². The summed E-state index contributed by atoms with van der Waals surface area (Å²) in [5, 5.41) is 0. The van der Waals surface area contributed by atoms with E-state index < -0.39 is 6.67 Å². The van der Waals surface area contributed by atoms with Crippen LogP contribution in [0.4, 0.5) is 4.39 Å². The summed E-state index contributed by atoms with van der Waals surface area (Å²) in [6.07, 6.45) is 2.00. The monoisotopic (exact) mass is 217 g/mol. The van der Waals surface area contributed by atoms with Gasteiger partial charge in [-0.15, -0.1) is 0 Å². The molecule has 0 radical (unpaired) electrons. The molecule has 0 saturated heterocycles. The molecular formula is C7H5BrFNO. The third-order valence-electron chi connectivity index (χ3n) is 1.22. The molecule has 0 aromatic carbocycles. The zero-order chi connectivity index (χ0) is 8.27. The molecule has 0 bridgehead atoms. The van der Waals surface area contributed by atoms with E-state index in [2.05, 4.69) is 20.9 Å². The van der Waals surface area contributed by atoms with Crippen LogP contribution < -0.4 is 0 Å². The average molecular weight is 218 g/mol. The molecule has 0 aliphatic heterocycles. The Morgan fingerprint density at radius 1 is 1.73 bits per heavy atom. The summed E-state index contributed by atoms with van der Waals surface area (Å²) < 4.78 is 12.8. The molecule has 4 heteroatoms. The number of aromatic nitrogens is 1. The van der Waals surface area contributed by atoms with E-state index in [0.29, 0.717) is 16.3 Å². The Morgan fingerprint density at radius 2 is 2.45 bits per heavy atom. The van der Waals surface area contributed by atoms with Gasteiger partial charge < -0.3 is 0 Å². The topological polar surface area (TPSA) is 30.0 Å². The first-order valence-electron chi connectivity index (χ1n) is 2.93. The van der Waals surface area contributed by atoms with Gasteiger partial charge in [0, 0.05) is 16.2 Å². The lowest BCUT2D eigenvalue weighted by molar-refractivity contribution is 0.111. The van der Waals surface area contributed by atoms with Crippen LogP contribution in [0.1, 0.15) is 16.1 Å². The fourth-order valence-corrected chi connectivity index (χ4v) is 1.08. The predicted octanol–water partition coefficient (Wildman–Crippen LogP) is 2.13. The van der Waals surface area contributed by atoms with Gasteiger partial charge >= 0.3 is 0 Å². The fourth-order valence-electron chi connectivity index (χ4n) is 0.705. The molecule has 11 heavy (non-hydrogen) atoms. The van der Waals surface area contributed by atoms with Gasteiger partial charge in [0.05, 0.1) is 0 Å². The van der Waals surface area contributed by atoms with Gasteiger partial charge in [0.25, 0.3) is 0 Å². The lowest BCUT2D eigenvalue weighted by Crippen LogP contribution is -1.93. The maximum absolute atomic E-state index is 12.1. The number of nitrogens with zero attached hydrogens (tertiary/aromatic N) is 1. The molecule has 0 unspecified atom stereocenters. The van der Waals surface area contributed by atoms with Gasteiger partial charge in [-0.3, -0.25) is 9.78 Å². The minimum absolute atomic E-state index is 0.163. The maximum atomic E-state index is 12.1. The molecule has 0 amide bonds. The molecule has 0 N–H and O–H groups in total. The fraction of sp³-hybridized carbons (Fsp3) is 0.143. The van der Waals surface area contributed by atoms with Gasteiger partial charge in [-0.2, -0.15) is 0 Å². The Hall–Kier alpha value is -0.770. The minimum atomic E-state index is -0.666. The molecule has 58 valence electrons. The first kappa shape index (κ1) is 8.33. The highest BCUT2D eigenvalue weighted by Gasteiger charge is 2.02. The van der Waals surface area contributed by atoms with Crippen molar-refractivity contribution in [3.63, 3.8) is 0 Å². The maximum Gasteiger partial charge on any atom is 0.168 e. The molecule has 0 aliphatic carbocycles. The number of halogens is 2. The molecule has 0 aliphatic rings. The molecule has 1 rings (SSSR count). The first-order chi connectivity index (χ1) is 5.27. The number of hydrogen-bond acceptors (Lipinski definition) is 2. The van der Waals surface area contributed by atoms with E-state index in [1.54, 1.807) is 0 Å². The van der Waals surface area contributed by atoms with Crippen LogP contribution in [0.15, 0.2) is 16.7 Å². The van der Waals surface area contributed by atoms with Crippen molar-refractivity contribution in [2.75, 3.05) is 0 Å². The van der Waals surface area contributed by atoms with Crippen LogP contribution in [0, 0.1) is 0 Å². The summed E-state index contributed by atoms with van der Waals surface area (Å²) in [6.45, 7) is -0.666. The summed E-state index contributed by atoms with van der Waals surface area (Å²) in [5.74, 6) is 0. The van der Waals surface area contributed by atoms with E-state index in [1.807, 2.05) is 0 Å². The summed E-state index contributed by atoms with van der Waals surface area (Å²) >= 11 is 3.12. The van der Waals surface area contributed by atoms with Crippen LogP contribution in [0.25, 0.3) is 0 Å². The van der Waals surface area contributed by atoms with Gasteiger partial charge in [-0.05, 0) is 22.0 Å². The van der Waals surface area contributed by atoms with Gasteiger partial charge in [-0.1, -0.05) is 0 Å². The molecule has 0 spiro atoms. The van der Waals surface area contributed by atoms with Gasteiger partial charge in [0.2, 0.25) is 0 Å². The highest BCUT2D eigenvalue weighted by atomic mass is 79.9. The zero-order valence-electron chi connectivity index (χ0n) is 5.55. The number of hydrogen-bond donors (Lipinski definition) is 0. The third-order valence-corrected chi connectivity index (χ3v) is 1.66. The van der Waals surface area contributed by atoms with Crippen LogP contribution >= 0.6 is 15.9 Å². The largest absolute Gasteiger partial charge is 0.296 e. The first-order valence-corrected chi connectivity index (χ1v) is 3.73. The van der Waals surface area contributed by atoms with E-state index in [0.717, 1.165) is 0 Å². The van der Waals surface area contributed by atoms with Crippen LogP contribution in [0.3, 0.4) is 0 Å². The van der Waals surface area contributed by atoms with Crippen LogP contribution in [0.2, 0.25) is 0 Å². The lowest BCUT2D eigenvalue weighted by Gasteiger charge is -1.97. The Labute approximate surface area is 71.6 Å². The highest BCUT2D eigenvalue weighted by molar-refractivity contribution is 9.10. The quantitative estimate of drug-likeness (QED) is 0.711. The molecule has 0 fully saturated rings. The van der Waals surface area contributed by atoms with E-state index in [1.165, 1.54) is 12.3 Å². The Balaban J connectivity index is 3.16. The second kappa shape index (κ2) is 3.57. The van der Waals surface area contributed by atoms with Crippen molar-refractivity contribution in [1.29, 1.82) is 0 Å². The van der Waals surface area contributed by atoms with Crippen molar-refractivity contribution >= 4 is 22.2 Å². The Kier molecular flexibility index (Phi) is 2.70. The molecule has 2 nitrogen and oxygen atoms in total. The molecule has 1 aromatic heterocycles. The van der Waals surface area contributed by atoms with Gasteiger partial charge in [-0.25, -0.2) is 4.39 Å². The Morgan fingerprint density at radius 3 is 3.00 bits per heavy atom. The van der Waals surface area contributed by atoms with E-state index >= 15 is 0 Å². The molecule has 0 atom stereocenters. The molecular weight excluding hydrogens is 213 g/mol. The van der Waals surface area contributed by atoms with E-state index in [-0.39, 0.29) is 5.69 Å². The third kappa shape index (κ3) is 1.83. The van der Waals surface area contributed by atoms with Crippen molar-refractivity contribution in [3.05, 3.63) is 28.0 Å². The number of carbonyl (C=O) groups is 1. The van der Waals surface area contributed by atoms with Crippen molar-refractivity contribution < 1.29 is 9.18 Å². The van der Waals surface area contributed by atoms with E-state index in [9.17, 15) is 9.18 Å². The van der Waals surface area contributed by atoms with E-state index in [4.69, 9.17) is 0 Å². The molecule has 1 aromatic rings. The summed E-state index contributed by atoms with van der Waals surface area (Å²) in [4.78, 5) is 14.0. The van der Waals surface area contributed by atoms with Crippen LogP contribution in [0.5, 0.6) is 0 Å². The van der Waals surface area contributed by atoms with Crippen molar-refractivity contribution in [3.8, 4) is 0 Å². The summed E-state index contributed by atoms with van der Waals surface area (Å²) in [6, 6.07) is 1.54. The standard InChI is InChI=1S/C7H5BrFNO/c8-6-1-5(2-9)7(4-11)10-3-6/h1,3-4H,2H2.